The Hall–Kier alpha value is -1.47. The topological polar surface area (TPSA) is 63.7 Å². The second-order valence-corrected chi connectivity index (χ2v) is 8.36. The van der Waals surface area contributed by atoms with E-state index in [1.165, 1.54) is 18.2 Å². The second kappa shape index (κ2) is 8.48. The summed E-state index contributed by atoms with van der Waals surface area (Å²) in [5.41, 5.74) is 0.752. The first-order valence-electron chi connectivity index (χ1n) is 7.57. The number of hydrogen-bond donors (Lipinski definition) is 0. The Kier molecular flexibility index (Phi) is 6.80. The fraction of sp³-hybridized carbons (Fsp3) is 0.235. The minimum atomic E-state index is -4.20. The Bertz CT molecular complexity index is 932. The van der Waals surface area contributed by atoms with Crippen LogP contribution in [0.25, 0.3) is 0 Å². The lowest BCUT2D eigenvalue weighted by atomic mass is 10.2. The highest BCUT2D eigenvalue weighted by Crippen LogP contribution is 2.34. The highest BCUT2D eigenvalue weighted by atomic mass is 35.5. The van der Waals surface area contributed by atoms with Crippen LogP contribution in [-0.2, 0) is 19.6 Å². The third-order valence-electron chi connectivity index (χ3n) is 3.55. The number of hydrogen-bond acceptors (Lipinski definition) is 4. The normalized spacial score (nSPS) is 11.3. The van der Waals surface area contributed by atoms with Gasteiger partial charge in [-0.2, -0.15) is 0 Å². The average Bonchev–Trinajstić information content (AvgIpc) is 2.58. The molecule has 140 valence electrons. The van der Waals surface area contributed by atoms with Gasteiger partial charge < -0.3 is 4.74 Å². The van der Waals surface area contributed by atoms with Crippen molar-refractivity contribution in [2.75, 3.05) is 17.5 Å². The van der Waals surface area contributed by atoms with E-state index in [2.05, 4.69) is 0 Å². The lowest BCUT2D eigenvalue weighted by molar-refractivity contribution is -0.141. The van der Waals surface area contributed by atoms with Gasteiger partial charge in [-0.25, -0.2) is 8.42 Å². The van der Waals surface area contributed by atoms with Gasteiger partial charge in [-0.1, -0.05) is 40.9 Å². The van der Waals surface area contributed by atoms with Gasteiger partial charge in [-0.05, 0) is 49.7 Å². The van der Waals surface area contributed by atoms with Gasteiger partial charge in [0.05, 0.1) is 17.3 Å². The standard InChI is InChI=1S/C17H16Cl3NO4S/c1-3-25-17(22)10-21(15-6-4-5-13(19)11(15)2)26(23,24)16-9-12(18)7-8-14(16)20/h4-9H,3,10H2,1-2H3. The molecule has 0 fully saturated rings. The van der Waals surface area contributed by atoms with E-state index in [1.54, 1.807) is 32.0 Å². The molecule has 2 rings (SSSR count). The van der Waals surface area contributed by atoms with Crippen molar-refractivity contribution in [1.82, 2.24) is 0 Å². The Labute approximate surface area is 167 Å². The molecule has 0 aliphatic heterocycles. The first-order valence-corrected chi connectivity index (χ1v) is 10.1. The van der Waals surface area contributed by atoms with E-state index in [1.807, 2.05) is 0 Å². The van der Waals surface area contributed by atoms with Gasteiger partial charge in [-0.15, -0.1) is 0 Å². The molecule has 0 aromatic heterocycles. The number of sulfonamides is 1. The smallest absolute Gasteiger partial charge is 0.326 e. The number of benzene rings is 2. The summed E-state index contributed by atoms with van der Waals surface area (Å²) in [4.78, 5) is 11.8. The maximum Gasteiger partial charge on any atom is 0.326 e. The third-order valence-corrected chi connectivity index (χ3v) is 6.43. The van der Waals surface area contributed by atoms with Gasteiger partial charge >= 0.3 is 5.97 Å². The van der Waals surface area contributed by atoms with E-state index < -0.39 is 22.5 Å². The lowest BCUT2D eigenvalue weighted by Gasteiger charge is -2.26. The van der Waals surface area contributed by atoms with Crippen molar-refractivity contribution < 1.29 is 17.9 Å². The number of rotatable bonds is 6. The van der Waals surface area contributed by atoms with Gasteiger partial charge in [-0.3, -0.25) is 9.10 Å². The van der Waals surface area contributed by atoms with Crippen molar-refractivity contribution in [2.24, 2.45) is 0 Å². The van der Waals surface area contributed by atoms with Crippen molar-refractivity contribution in [3.8, 4) is 0 Å². The maximum atomic E-state index is 13.2. The fourth-order valence-electron chi connectivity index (χ4n) is 2.28. The number of nitrogens with zero attached hydrogens (tertiary/aromatic N) is 1. The van der Waals surface area contributed by atoms with E-state index in [0.717, 1.165) is 4.31 Å². The van der Waals surface area contributed by atoms with Gasteiger partial charge in [0.25, 0.3) is 10.0 Å². The predicted molar refractivity (Wildman–Crippen MR) is 104 cm³/mol. The first kappa shape index (κ1) is 20.8. The minimum absolute atomic E-state index is 0.0112. The van der Waals surface area contributed by atoms with E-state index in [0.29, 0.717) is 10.6 Å². The zero-order valence-corrected chi connectivity index (χ0v) is 17.1. The van der Waals surface area contributed by atoms with Gasteiger partial charge in [0, 0.05) is 10.0 Å². The molecule has 2 aromatic carbocycles. The number of anilines is 1. The van der Waals surface area contributed by atoms with Gasteiger partial charge in [0.15, 0.2) is 0 Å². The lowest BCUT2D eigenvalue weighted by Crippen LogP contribution is -2.37. The maximum absolute atomic E-state index is 13.2. The minimum Gasteiger partial charge on any atom is -0.465 e. The number of esters is 1. The molecule has 5 nitrogen and oxygen atoms in total. The summed E-state index contributed by atoms with van der Waals surface area (Å²) in [6.45, 7) is 2.89. The molecule has 0 aliphatic rings. The molecule has 0 N–H and O–H groups in total. The molecule has 0 saturated heterocycles. The van der Waals surface area contributed by atoms with Crippen LogP contribution in [0.4, 0.5) is 5.69 Å². The molecule has 0 saturated carbocycles. The van der Waals surface area contributed by atoms with Crippen molar-refractivity contribution >= 4 is 56.5 Å². The Morgan fingerprint density at radius 3 is 2.46 bits per heavy atom. The van der Waals surface area contributed by atoms with Crippen LogP contribution in [0.3, 0.4) is 0 Å². The van der Waals surface area contributed by atoms with Crippen molar-refractivity contribution in [2.45, 2.75) is 18.7 Å². The summed E-state index contributed by atoms with van der Waals surface area (Å²) in [6.07, 6.45) is 0. The molecule has 0 aliphatic carbocycles. The third kappa shape index (κ3) is 4.43. The summed E-state index contributed by atoms with van der Waals surface area (Å²) < 4.78 is 32.3. The second-order valence-electron chi connectivity index (χ2n) is 5.28. The monoisotopic (exact) mass is 435 g/mol. The van der Waals surface area contributed by atoms with Crippen molar-refractivity contribution in [1.29, 1.82) is 0 Å². The van der Waals surface area contributed by atoms with Gasteiger partial charge in [0.2, 0.25) is 0 Å². The first-order chi connectivity index (χ1) is 12.2. The summed E-state index contributed by atoms with van der Waals surface area (Å²) >= 11 is 18.1. The Morgan fingerprint density at radius 1 is 1.12 bits per heavy atom. The molecule has 0 atom stereocenters. The molecular formula is C17H16Cl3NO4S. The summed E-state index contributed by atoms with van der Waals surface area (Å²) in [6, 6.07) is 8.86. The molecule has 2 aromatic rings. The zero-order valence-electron chi connectivity index (χ0n) is 14.0. The van der Waals surface area contributed by atoms with Crippen LogP contribution in [0.1, 0.15) is 12.5 Å². The van der Waals surface area contributed by atoms with Crippen LogP contribution in [0.5, 0.6) is 0 Å². The van der Waals surface area contributed by atoms with Crippen LogP contribution in [0.2, 0.25) is 15.1 Å². The molecule has 9 heteroatoms. The Balaban J connectivity index is 2.64. The highest BCUT2D eigenvalue weighted by molar-refractivity contribution is 7.93. The van der Waals surface area contributed by atoms with Crippen molar-refractivity contribution in [3.63, 3.8) is 0 Å². The largest absolute Gasteiger partial charge is 0.465 e. The number of halogens is 3. The van der Waals surface area contributed by atoms with Crippen molar-refractivity contribution in [3.05, 3.63) is 57.0 Å². The molecule has 0 amide bonds. The fourth-order valence-corrected chi connectivity index (χ4v) is 4.66. The predicted octanol–water partition coefficient (Wildman–Crippen LogP) is 4.71. The number of carbonyl (C=O) groups excluding carboxylic acids is 1. The molecule has 0 unspecified atom stereocenters. The molecule has 0 bridgehead atoms. The highest BCUT2D eigenvalue weighted by Gasteiger charge is 2.31. The quantitative estimate of drug-likeness (QED) is 0.615. The number of carbonyl (C=O) groups is 1. The number of ether oxygens (including phenoxy) is 1. The average molecular weight is 437 g/mol. The summed E-state index contributed by atoms with van der Waals surface area (Å²) in [7, 11) is -4.20. The molecule has 26 heavy (non-hydrogen) atoms. The summed E-state index contributed by atoms with van der Waals surface area (Å²) in [5, 5.41) is 0.554. The molecule has 0 spiro atoms. The van der Waals surface area contributed by atoms with E-state index in [-0.39, 0.29) is 27.2 Å². The van der Waals surface area contributed by atoms with Crippen LogP contribution in [0.15, 0.2) is 41.3 Å². The van der Waals surface area contributed by atoms with Crippen LogP contribution in [-0.4, -0.2) is 27.5 Å². The van der Waals surface area contributed by atoms with E-state index >= 15 is 0 Å². The van der Waals surface area contributed by atoms with Crippen LogP contribution >= 0.6 is 34.8 Å². The van der Waals surface area contributed by atoms with Gasteiger partial charge in [0.1, 0.15) is 11.4 Å². The molecular weight excluding hydrogens is 421 g/mol. The SMILES string of the molecule is CCOC(=O)CN(c1cccc(Cl)c1C)S(=O)(=O)c1cc(Cl)ccc1Cl. The Morgan fingerprint density at radius 2 is 1.81 bits per heavy atom. The molecule has 0 heterocycles. The van der Waals surface area contributed by atoms with E-state index in [4.69, 9.17) is 39.5 Å². The summed E-state index contributed by atoms with van der Waals surface area (Å²) in [5.74, 6) is -0.700. The van der Waals surface area contributed by atoms with Crippen LogP contribution < -0.4 is 4.31 Å². The van der Waals surface area contributed by atoms with E-state index in [9.17, 15) is 13.2 Å². The molecule has 0 radical (unpaired) electrons. The zero-order chi connectivity index (χ0) is 19.5. The van der Waals surface area contributed by atoms with Crippen LogP contribution in [0, 0.1) is 6.92 Å².